The Balaban J connectivity index is 1.77. The average molecular weight is 467 g/mol. The summed E-state index contributed by atoms with van der Waals surface area (Å²) < 4.78 is 52.5. The van der Waals surface area contributed by atoms with Gasteiger partial charge in [0, 0.05) is 23.1 Å². The van der Waals surface area contributed by atoms with Gasteiger partial charge in [0.1, 0.15) is 4.24 Å². The maximum absolute atomic E-state index is 12.7. The Labute approximate surface area is 181 Å². The van der Waals surface area contributed by atoms with Gasteiger partial charge >= 0.3 is 0 Å². The van der Waals surface area contributed by atoms with Gasteiger partial charge in [-0.05, 0) is 30.3 Å². The van der Waals surface area contributed by atoms with Crippen LogP contribution in [0.25, 0.3) is 0 Å². The molecule has 3 rings (SSSR count). The fourth-order valence-electron chi connectivity index (χ4n) is 2.75. The summed E-state index contributed by atoms with van der Waals surface area (Å²) >= 11 is 0.886. The minimum absolute atomic E-state index is 0.0590. The smallest absolute Gasteiger partial charge is 0.268 e. The molecule has 1 aliphatic rings. The molecule has 1 atom stereocenters. The topological polar surface area (TPSA) is 110 Å². The number of amides is 1. The van der Waals surface area contributed by atoms with E-state index in [0.717, 1.165) is 17.5 Å². The van der Waals surface area contributed by atoms with Gasteiger partial charge in [-0.3, -0.25) is 9.78 Å². The van der Waals surface area contributed by atoms with E-state index in [0.29, 0.717) is 0 Å². The predicted octanol–water partition coefficient (Wildman–Crippen LogP) is 2.87. The Morgan fingerprint density at radius 3 is 2.30 bits per heavy atom. The van der Waals surface area contributed by atoms with Crippen LogP contribution in [0, 0.1) is 0 Å². The van der Waals surface area contributed by atoms with Gasteiger partial charge in [0.05, 0.1) is 15.7 Å². The van der Waals surface area contributed by atoms with Crippen molar-refractivity contribution >= 4 is 37.5 Å². The molecule has 30 heavy (non-hydrogen) atoms. The van der Waals surface area contributed by atoms with Crippen LogP contribution in [0.5, 0.6) is 0 Å². The Bertz CT molecular complexity index is 1180. The number of sulfone groups is 1. The molecule has 1 aliphatic heterocycles. The molecule has 1 unspecified atom stereocenters. The number of sulfonamides is 1. The molecule has 0 saturated carbocycles. The predicted molar refractivity (Wildman–Crippen MR) is 117 cm³/mol. The first-order valence-electron chi connectivity index (χ1n) is 9.08. The molecule has 2 heterocycles. The van der Waals surface area contributed by atoms with Crippen molar-refractivity contribution in [1.82, 2.24) is 9.71 Å². The van der Waals surface area contributed by atoms with Crippen molar-refractivity contribution in [1.29, 1.82) is 0 Å². The van der Waals surface area contributed by atoms with Crippen molar-refractivity contribution in [3.8, 4) is 0 Å². The highest BCUT2D eigenvalue weighted by molar-refractivity contribution is 8.18. The number of hydrogen-bond donors (Lipinski definition) is 1. The Morgan fingerprint density at radius 2 is 1.73 bits per heavy atom. The highest BCUT2D eigenvalue weighted by atomic mass is 32.3. The molecular formula is C20H22N2O5S3. The second-order valence-electron chi connectivity index (χ2n) is 7.81. The summed E-state index contributed by atoms with van der Waals surface area (Å²) in [6.45, 7) is 5.93. The third-order valence-corrected chi connectivity index (χ3v) is 9.79. The van der Waals surface area contributed by atoms with Crippen molar-refractivity contribution in [3.05, 3.63) is 70.2 Å². The van der Waals surface area contributed by atoms with Crippen molar-refractivity contribution in [2.75, 3.05) is 5.75 Å². The summed E-state index contributed by atoms with van der Waals surface area (Å²) in [6.07, 6.45) is 2.51. The van der Waals surface area contributed by atoms with E-state index in [2.05, 4.69) is 4.98 Å². The summed E-state index contributed by atoms with van der Waals surface area (Å²) in [5.41, 5.74) is 0.666. The molecule has 7 nitrogen and oxygen atoms in total. The van der Waals surface area contributed by atoms with Gasteiger partial charge in [0.2, 0.25) is 0 Å². The van der Waals surface area contributed by atoms with Crippen LogP contribution < -0.4 is 4.72 Å². The number of benzene rings is 1. The number of hydrogen-bond acceptors (Lipinski definition) is 7. The molecule has 160 valence electrons. The van der Waals surface area contributed by atoms with E-state index in [9.17, 15) is 21.6 Å². The first-order valence-corrected chi connectivity index (χ1v) is 13.1. The zero-order chi connectivity index (χ0) is 22.2. The molecule has 1 aromatic carbocycles. The molecular weight excluding hydrogens is 444 g/mol. The van der Waals surface area contributed by atoms with Gasteiger partial charge in [0.15, 0.2) is 9.84 Å². The van der Waals surface area contributed by atoms with Gasteiger partial charge in [-0.2, -0.15) is 0 Å². The molecule has 0 fully saturated rings. The monoisotopic (exact) mass is 466 g/mol. The normalized spacial score (nSPS) is 17.4. The molecule has 0 spiro atoms. The Hall–Kier alpha value is -2.17. The standard InChI is InChI=1S/C20H22N2O5S3/c1-20(2,3)17-10-9-14(12-21-17)19(23)22-30(26,27)18-11-16(13-28-18)29(24,25)15-7-5-4-6-8-15/h4-12,16H,13H2,1-3H3,(H,22,23). The largest absolute Gasteiger partial charge is 0.270 e. The number of nitrogens with one attached hydrogen (secondary N) is 1. The molecule has 0 bridgehead atoms. The number of thioether (sulfide) groups is 1. The maximum atomic E-state index is 12.7. The lowest BCUT2D eigenvalue weighted by molar-refractivity contribution is 0.0981. The number of nitrogens with zero attached hydrogens (tertiary/aromatic N) is 1. The lowest BCUT2D eigenvalue weighted by Crippen LogP contribution is -2.31. The molecule has 2 aromatic rings. The summed E-state index contributed by atoms with van der Waals surface area (Å²) in [4.78, 5) is 16.7. The van der Waals surface area contributed by atoms with Crippen molar-refractivity contribution in [3.63, 3.8) is 0 Å². The number of carbonyl (C=O) groups is 1. The third kappa shape index (κ3) is 4.76. The van der Waals surface area contributed by atoms with Crippen LogP contribution in [0.15, 0.2) is 63.9 Å². The number of aromatic nitrogens is 1. The molecule has 1 amide bonds. The third-order valence-electron chi connectivity index (χ3n) is 4.47. The van der Waals surface area contributed by atoms with E-state index < -0.39 is 31.0 Å². The van der Waals surface area contributed by atoms with Crippen LogP contribution in [-0.4, -0.2) is 38.7 Å². The minimum Gasteiger partial charge on any atom is -0.268 e. The van der Waals surface area contributed by atoms with Gasteiger partial charge in [-0.25, -0.2) is 21.6 Å². The second kappa shape index (κ2) is 8.16. The van der Waals surface area contributed by atoms with E-state index in [1.165, 1.54) is 30.5 Å². The van der Waals surface area contributed by atoms with Gasteiger partial charge < -0.3 is 0 Å². The lowest BCUT2D eigenvalue weighted by atomic mass is 9.91. The maximum Gasteiger partial charge on any atom is 0.270 e. The van der Waals surface area contributed by atoms with Crippen LogP contribution in [-0.2, 0) is 25.3 Å². The van der Waals surface area contributed by atoms with Gasteiger partial charge in [-0.15, -0.1) is 11.8 Å². The average Bonchev–Trinajstić information content (AvgIpc) is 3.20. The summed E-state index contributed by atoms with van der Waals surface area (Å²) in [6, 6.07) is 11.0. The number of rotatable bonds is 5. The SMILES string of the molecule is CC(C)(C)c1ccc(C(=O)NS(=O)(=O)C2=CC(S(=O)(=O)c3ccccc3)CS2)cn1. The molecule has 0 radical (unpaired) electrons. The summed E-state index contributed by atoms with van der Waals surface area (Å²) in [5, 5.41) is -0.987. The molecule has 1 N–H and O–H groups in total. The van der Waals surface area contributed by atoms with E-state index in [1.807, 2.05) is 25.5 Å². The molecule has 0 saturated heterocycles. The Kier molecular flexibility index (Phi) is 6.13. The fourth-order valence-corrected chi connectivity index (χ4v) is 7.48. The van der Waals surface area contributed by atoms with Crippen LogP contribution in [0.4, 0.5) is 0 Å². The van der Waals surface area contributed by atoms with Crippen LogP contribution in [0.1, 0.15) is 36.8 Å². The zero-order valence-corrected chi connectivity index (χ0v) is 19.1. The van der Waals surface area contributed by atoms with E-state index in [1.54, 1.807) is 24.3 Å². The van der Waals surface area contributed by atoms with Crippen molar-refractivity contribution < 1.29 is 21.6 Å². The van der Waals surface area contributed by atoms with E-state index in [4.69, 9.17) is 0 Å². The van der Waals surface area contributed by atoms with Gasteiger partial charge in [0.25, 0.3) is 15.9 Å². The van der Waals surface area contributed by atoms with E-state index >= 15 is 0 Å². The number of pyridine rings is 1. The first kappa shape index (κ1) is 22.5. The fraction of sp³-hybridized carbons (Fsp3) is 0.300. The van der Waals surface area contributed by atoms with Crippen LogP contribution >= 0.6 is 11.8 Å². The van der Waals surface area contributed by atoms with E-state index in [-0.39, 0.29) is 25.9 Å². The van der Waals surface area contributed by atoms with Crippen molar-refractivity contribution in [2.45, 2.75) is 36.3 Å². The molecule has 0 aliphatic carbocycles. The lowest BCUT2D eigenvalue weighted by Gasteiger charge is -2.17. The summed E-state index contributed by atoms with van der Waals surface area (Å²) in [5.74, 6) is -0.762. The summed E-state index contributed by atoms with van der Waals surface area (Å²) in [7, 11) is -7.90. The van der Waals surface area contributed by atoms with Gasteiger partial charge in [-0.1, -0.05) is 39.0 Å². The number of carbonyl (C=O) groups excluding carboxylic acids is 1. The highest BCUT2D eigenvalue weighted by Gasteiger charge is 2.35. The quantitative estimate of drug-likeness (QED) is 0.721. The van der Waals surface area contributed by atoms with Crippen molar-refractivity contribution in [2.24, 2.45) is 0 Å². The minimum atomic E-state index is -4.19. The highest BCUT2D eigenvalue weighted by Crippen LogP contribution is 2.34. The Morgan fingerprint density at radius 1 is 1.07 bits per heavy atom. The zero-order valence-electron chi connectivity index (χ0n) is 16.7. The molecule has 1 aromatic heterocycles. The first-order chi connectivity index (χ1) is 13.9. The van der Waals surface area contributed by atoms with Crippen LogP contribution in [0.2, 0.25) is 0 Å². The second-order valence-corrected chi connectivity index (χ2v) is 12.9. The van der Waals surface area contributed by atoms with Crippen LogP contribution in [0.3, 0.4) is 0 Å². The molecule has 10 heteroatoms.